The Kier molecular flexibility index (Phi) is 67.2. The number of allylic oxidation sites excluding steroid dienone is 18. The summed E-state index contributed by atoms with van der Waals surface area (Å²) in [4.78, 5) is 38.5. The number of hydrogen-bond acceptors (Lipinski definition) is 6. The summed E-state index contributed by atoms with van der Waals surface area (Å²) in [7, 11) is 0. The number of rotatable bonds is 64. The van der Waals surface area contributed by atoms with Gasteiger partial charge in [0.2, 0.25) is 0 Å². The normalized spacial score (nSPS) is 12.8. The fourth-order valence-corrected chi connectivity index (χ4v) is 10.1. The van der Waals surface area contributed by atoms with Gasteiger partial charge in [0.05, 0.1) is 0 Å². The smallest absolute Gasteiger partial charge is 0.306 e. The number of ether oxygens (including phenoxy) is 3. The molecule has 0 aliphatic rings. The fourth-order valence-electron chi connectivity index (χ4n) is 10.1. The Morgan fingerprint density at radius 1 is 0.253 bits per heavy atom. The average Bonchev–Trinajstić information content (AvgIpc) is 3.49. The molecule has 0 fully saturated rings. The SMILES string of the molecule is CC/C=C\C/C=C\C/C=C\C/C=C\C/C=C\CCCCCCCCCCCCCCCCCC(=O)OCC(COC(=O)CCCCCCCCCCCCCCCCC)OC(=O)CCCCCCCC/C=C\C/C=C\C/C=C\C/C=C\CC. The summed E-state index contributed by atoms with van der Waals surface area (Å²) in [6, 6.07) is 0. The van der Waals surface area contributed by atoms with Gasteiger partial charge >= 0.3 is 17.9 Å². The lowest BCUT2D eigenvalue weighted by molar-refractivity contribution is -0.167. The molecular formula is C77H132O6. The van der Waals surface area contributed by atoms with Crippen molar-refractivity contribution in [1.29, 1.82) is 0 Å². The average molecular weight is 1150 g/mol. The van der Waals surface area contributed by atoms with Gasteiger partial charge in [-0.05, 0) is 103 Å². The minimum absolute atomic E-state index is 0.0800. The lowest BCUT2D eigenvalue weighted by Gasteiger charge is -2.18. The van der Waals surface area contributed by atoms with Gasteiger partial charge in [-0.25, -0.2) is 0 Å². The highest BCUT2D eigenvalue weighted by atomic mass is 16.6. The van der Waals surface area contributed by atoms with Crippen LogP contribution in [0.15, 0.2) is 109 Å². The Labute approximate surface area is 514 Å². The molecule has 0 saturated carbocycles. The Balaban J connectivity index is 4.27. The molecule has 0 heterocycles. The molecule has 0 saturated heterocycles. The van der Waals surface area contributed by atoms with Crippen molar-refractivity contribution in [3.8, 4) is 0 Å². The van der Waals surface area contributed by atoms with E-state index in [9.17, 15) is 14.4 Å². The van der Waals surface area contributed by atoms with E-state index in [-0.39, 0.29) is 31.1 Å². The van der Waals surface area contributed by atoms with Gasteiger partial charge in [0, 0.05) is 19.3 Å². The molecule has 0 aromatic carbocycles. The van der Waals surface area contributed by atoms with E-state index in [1.807, 2.05) is 0 Å². The summed E-state index contributed by atoms with van der Waals surface area (Å²) >= 11 is 0. The van der Waals surface area contributed by atoms with Crippen molar-refractivity contribution in [1.82, 2.24) is 0 Å². The Bertz CT molecular complexity index is 1660. The van der Waals surface area contributed by atoms with Crippen molar-refractivity contribution in [2.45, 2.75) is 348 Å². The summed E-state index contributed by atoms with van der Waals surface area (Å²) in [6.45, 7) is 6.44. The van der Waals surface area contributed by atoms with Crippen LogP contribution in [-0.4, -0.2) is 37.2 Å². The molecule has 0 aromatic rings. The van der Waals surface area contributed by atoms with Crippen LogP contribution in [0, 0.1) is 0 Å². The molecule has 83 heavy (non-hydrogen) atoms. The molecule has 0 spiro atoms. The predicted molar refractivity (Wildman–Crippen MR) is 362 cm³/mol. The van der Waals surface area contributed by atoms with Gasteiger partial charge in [0.25, 0.3) is 0 Å². The van der Waals surface area contributed by atoms with Crippen LogP contribution in [-0.2, 0) is 28.6 Å². The molecule has 0 aliphatic heterocycles. The first-order valence-electron chi connectivity index (χ1n) is 35.4. The van der Waals surface area contributed by atoms with Gasteiger partial charge in [-0.2, -0.15) is 0 Å². The second-order valence-corrected chi connectivity index (χ2v) is 23.4. The highest BCUT2D eigenvalue weighted by Gasteiger charge is 2.19. The quantitative estimate of drug-likeness (QED) is 0.0261. The number of carbonyl (C=O) groups excluding carboxylic acids is 3. The monoisotopic (exact) mass is 1150 g/mol. The first kappa shape index (κ1) is 79.1. The van der Waals surface area contributed by atoms with Crippen LogP contribution in [0.4, 0.5) is 0 Å². The first-order chi connectivity index (χ1) is 41.0. The van der Waals surface area contributed by atoms with Gasteiger partial charge in [-0.1, -0.05) is 329 Å². The molecule has 1 unspecified atom stereocenters. The van der Waals surface area contributed by atoms with Crippen LogP contribution in [0.5, 0.6) is 0 Å². The maximum absolute atomic E-state index is 12.9. The maximum atomic E-state index is 12.9. The first-order valence-corrected chi connectivity index (χ1v) is 35.4. The molecule has 0 amide bonds. The van der Waals surface area contributed by atoms with Crippen LogP contribution in [0.3, 0.4) is 0 Å². The number of esters is 3. The van der Waals surface area contributed by atoms with Crippen LogP contribution in [0.2, 0.25) is 0 Å². The van der Waals surface area contributed by atoms with E-state index in [1.54, 1.807) is 0 Å². The van der Waals surface area contributed by atoms with Gasteiger partial charge < -0.3 is 14.2 Å². The molecule has 0 N–H and O–H groups in total. The van der Waals surface area contributed by atoms with E-state index in [2.05, 4.69) is 130 Å². The topological polar surface area (TPSA) is 78.9 Å². The largest absolute Gasteiger partial charge is 0.462 e. The lowest BCUT2D eigenvalue weighted by atomic mass is 10.0. The molecule has 6 nitrogen and oxygen atoms in total. The standard InChI is InChI=1S/C77H132O6/c1-4-7-10-13-16-19-22-25-28-30-32-33-34-35-36-37-38-39-40-41-42-43-45-46-49-52-55-58-61-64-67-70-76(79)82-73-74(72-81-75(78)69-66-63-60-57-54-51-48-27-24-21-18-15-12-9-6-3)83-77(80)71-68-65-62-59-56-53-50-47-44-31-29-26-23-20-17-14-11-8-5-2/h7-8,10-11,16-17,19-20,25-26,28-29,32-33,35-36,44,47,74H,4-6,9,12-15,18,21-24,27,30-31,34,37-43,45-46,48-73H2,1-3H3/b10-7-,11-8-,19-16-,20-17-,28-25-,29-26-,33-32-,36-35-,47-44-. The second-order valence-electron chi connectivity index (χ2n) is 23.4. The molecule has 0 rings (SSSR count). The fraction of sp³-hybridized carbons (Fsp3) is 0.727. The molecule has 6 heteroatoms. The zero-order chi connectivity index (χ0) is 59.9. The molecule has 476 valence electrons. The van der Waals surface area contributed by atoms with Gasteiger partial charge in [-0.15, -0.1) is 0 Å². The van der Waals surface area contributed by atoms with Crippen LogP contribution in [0.1, 0.15) is 342 Å². The van der Waals surface area contributed by atoms with Crippen molar-refractivity contribution in [2.75, 3.05) is 13.2 Å². The van der Waals surface area contributed by atoms with Gasteiger partial charge in [-0.3, -0.25) is 14.4 Å². The van der Waals surface area contributed by atoms with Crippen molar-refractivity contribution in [2.24, 2.45) is 0 Å². The maximum Gasteiger partial charge on any atom is 0.306 e. The number of hydrogen-bond donors (Lipinski definition) is 0. The zero-order valence-electron chi connectivity index (χ0n) is 54.7. The van der Waals surface area contributed by atoms with E-state index < -0.39 is 6.10 Å². The summed E-state index contributed by atoms with van der Waals surface area (Å²) < 4.78 is 17.0. The predicted octanol–water partition coefficient (Wildman–Crippen LogP) is 24.6. The Hall–Kier alpha value is -3.93. The van der Waals surface area contributed by atoms with E-state index in [4.69, 9.17) is 14.2 Å². The van der Waals surface area contributed by atoms with Crippen molar-refractivity contribution < 1.29 is 28.6 Å². The third-order valence-electron chi connectivity index (χ3n) is 15.3. The number of carbonyl (C=O) groups is 3. The van der Waals surface area contributed by atoms with Gasteiger partial charge in [0.15, 0.2) is 6.10 Å². The van der Waals surface area contributed by atoms with E-state index >= 15 is 0 Å². The van der Waals surface area contributed by atoms with Crippen molar-refractivity contribution in [3.05, 3.63) is 109 Å². The minimum atomic E-state index is -0.786. The minimum Gasteiger partial charge on any atom is -0.462 e. The van der Waals surface area contributed by atoms with Crippen LogP contribution < -0.4 is 0 Å². The van der Waals surface area contributed by atoms with Crippen molar-refractivity contribution >= 4 is 17.9 Å². The lowest BCUT2D eigenvalue weighted by Crippen LogP contribution is -2.30. The summed E-state index contributed by atoms with van der Waals surface area (Å²) in [5.74, 6) is -0.878. The molecule has 1 atom stereocenters. The number of unbranched alkanes of at least 4 members (excludes halogenated alkanes) is 35. The Morgan fingerprint density at radius 3 is 0.735 bits per heavy atom. The molecule has 0 radical (unpaired) electrons. The molecular weight excluding hydrogens is 1020 g/mol. The molecule has 0 bridgehead atoms. The Morgan fingerprint density at radius 2 is 0.470 bits per heavy atom. The third-order valence-corrected chi connectivity index (χ3v) is 15.3. The van der Waals surface area contributed by atoms with Crippen molar-refractivity contribution in [3.63, 3.8) is 0 Å². The van der Waals surface area contributed by atoms with Crippen LogP contribution in [0.25, 0.3) is 0 Å². The summed E-state index contributed by atoms with van der Waals surface area (Å²) in [6.07, 6.45) is 96.8. The second kappa shape index (κ2) is 70.6. The zero-order valence-corrected chi connectivity index (χ0v) is 54.7. The highest BCUT2D eigenvalue weighted by Crippen LogP contribution is 2.17. The highest BCUT2D eigenvalue weighted by molar-refractivity contribution is 5.71. The molecule has 0 aliphatic carbocycles. The van der Waals surface area contributed by atoms with Crippen LogP contribution >= 0.6 is 0 Å². The summed E-state index contributed by atoms with van der Waals surface area (Å²) in [5.41, 5.74) is 0. The van der Waals surface area contributed by atoms with Gasteiger partial charge in [0.1, 0.15) is 13.2 Å². The summed E-state index contributed by atoms with van der Waals surface area (Å²) in [5, 5.41) is 0. The van der Waals surface area contributed by atoms with E-state index in [0.29, 0.717) is 19.3 Å². The van der Waals surface area contributed by atoms with E-state index in [0.717, 1.165) is 128 Å². The van der Waals surface area contributed by atoms with E-state index in [1.165, 1.54) is 173 Å². The molecule has 0 aromatic heterocycles. The third kappa shape index (κ3) is 68.7.